The lowest BCUT2D eigenvalue weighted by Gasteiger charge is -2.28. The minimum absolute atomic E-state index is 0.148. The molecule has 1 aliphatic rings. The Morgan fingerprint density at radius 1 is 0.864 bits per heavy atom. The molecule has 1 saturated carbocycles. The van der Waals surface area contributed by atoms with Crippen molar-refractivity contribution in [1.82, 2.24) is 0 Å². The number of benzene rings is 2. The molecule has 0 bridgehead atoms. The summed E-state index contributed by atoms with van der Waals surface area (Å²) in [6.45, 7) is 0. The van der Waals surface area contributed by atoms with Crippen LogP contribution >= 0.6 is 0 Å². The Balaban J connectivity index is 1.47. The van der Waals surface area contributed by atoms with Crippen molar-refractivity contribution in [1.29, 1.82) is 0 Å². The van der Waals surface area contributed by atoms with Crippen LogP contribution in [0.1, 0.15) is 43.6 Å². The van der Waals surface area contributed by atoms with Crippen molar-refractivity contribution < 1.29 is 4.79 Å². The fourth-order valence-electron chi connectivity index (χ4n) is 3.42. The maximum atomic E-state index is 12.1. The molecule has 2 aromatic carbocycles. The van der Waals surface area contributed by atoms with Crippen LogP contribution in [0.15, 0.2) is 60.7 Å². The molecule has 22 heavy (non-hydrogen) atoms. The van der Waals surface area contributed by atoms with Gasteiger partial charge in [-0.3, -0.25) is 4.79 Å². The summed E-state index contributed by atoms with van der Waals surface area (Å²) in [6, 6.07) is 20.5. The molecule has 1 fully saturated rings. The number of carbonyl (C=O) groups excluding carboxylic acids is 1. The van der Waals surface area contributed by atoms with E-state index in [-0.39, 0.29) is 5.91 Å². The monoisotopic (exact) mass is 293 g/mol. The van der Waals surface area contributed by atoms with E-state index in [0.717, 1.165) is 18.5 Å². The number of para-hydroxylation sites is 1. The molecule has 0 unspecified atom stereocenters. The molecule has 0 aliphatic heterocycles. The number of nitrogens with one attached hydrogen (secondary N) is 1. The molecule has 3 rings (SSSR count). The van der Waals surface area contributed by atoms with E-state index in [1.807, 2.05) is 30.3 Å². The maximum absolute atomic E-state index is 12.1. The second-order valence-corrected chi connectivity index (χ2v) is 6.25. The van der Waals surface area contributed by atoms with E-state index in [4.69, 9.17) is 0 Å². The van der Waals surface area contributed by atoms with Crippen molar-refractivity contribution in [2.45, 2.75) is 38.0 Å². The third-order valence-electron chi connectivity index (χ3n) is 4.65. The Morgan fingerprint density at radius 2 is 1.45 bits per heavy atom. The average Bonchev–Trinajstić information content (AvgIpc) is 2.57. The quantitative estimate of drug-likeness (QED) is 0.845. The summed E-state index contributed by atoms with van der Waals surface area (Å²) in [5.74, 6) is 1.35. The summed E-state index contributed by atoms with van der Waals surface area (Å²) >= 11 is 0. The Kier molecular flexibility index (Phi) is 4.89. The highest BCUT2D eigenvalue weighted by Crippen LogP contribution is 2.36. The Labute approximate surface area is 132 Å². The van der Waals surface area contributed by atoms with Gasteiger partial charge in [0.15, 0.2) is 0 Å². The summed E-state index contributed by atoms with van der Waals surface area (Å²) in [4.78, 5) is 12.1. The number of amides is 1. The van der Waals surface area contributed by atoms with Crippen LogP contribution < -0.4 is 5.32 Å². The molecule has 0 saturated heterocycles. The minimum atomic E-state index is 0.148. The standard InChI is InChI=1S/C20H23NO/c22-20(21-19-9-5-2-6-10-19)15-16-11-13-18(14-12-16)17-7-3-1-4-8-17/h1-10,16,18H,11-15H2,(H,21,22). The normalized spacial score (nSPS) is 21.3. The molecule has 0 atom stereocenters. The van der Waals surface area contributed by atoms with Gasteiger partial charge in [0.25, 0.3) is 0 Å². The van der Waals surface area contributed by atoms with Gasteiger partial charge in [-0.2, -0.15) is 0 Å². The highest BCUT2D eigenvalue weighted by Gasteiger charge is 2.23. The van der Waals surface area contributed by atoms with Crippen LogP contribution in [-0.2, 0) is 4.79 Å². The molecule has 2 nitrogen and oxygen atoms in total. The molecule has 0 spiro atoms. The van der Waals surface area contributed by atoms with E-state index < -0.39 is 0 Å². The second-order valence-electron chi connectivity index (χ2n) is 6.25. The molecular weight excluding hydrogens is 270 g/mol. The van der Waals surface area contributed by atoms with E-state index in [1.54, 1.807) is 0 Å². The zero-order valence-electron chi connectivity index (χ0n) is 12.9. The lowest BCUT2D eigenvalue weighted by atomic mass is 9.77. The SMILES string of the molecule is O=C(CC1CCC(c2ccccc2)CC1)Nc1ccccc1. The Morgan fingerprint density at radius 3 is 2.09 bits per heavy atom. The van der Waals surface area contributed by atoms with Gasteiger partial charge in [-0.1, -0.05) is 48.5 Å². The number of rotatable bonds is 4. The van der Waals surface area contributed by atoms with E-state index in [0.29, 0.717) is 18.3 Å². The van der Waals surface area contributed by atoms with Crippen LogP contribution in [0.3, 0.4) is 0 Å². The number of hydrogen-bond acceptors (Lipinski definition) is 1. The third kappa shape index (κ3) is 3.97. The zero-order chi connectivity index (χ0) is 15.2. The average molecular weight is 293 g/mol. The first-order valence-corrected chi connectivity index (χ1v) is 8.21. The Bertz CT molecular complexity index is 586. The predicted molar refractivity (Wildman–Crippen MR) is 90.8 cm³/mol. The third-order valence-corrected chi connectivity index (χ3v) is 4.65. The van der Waals surface area contributed by atoms with Crippen LogP contribution in [0.4, 0.5) is 5.69 Å². The van der Waals surface area contributed by atoms with Gasteiger partial charge in [-0.15, -0.1) is 0 Å². The van der Waals surface area contributed by atoms with Gasteiger partial charge in [0, 0.05) is 12.1 Å². The van der Waals surface area contributed by atoms with E-state index in [1.165, 1.54) is 18.4 Å². The van der Waals surface area contributed by atoms with Crippen LogP contribution in [0.2, 0.25) is 0 Å². The molecule has 2 heteroatoms. The summed E-state index contributed by atoms with van der Waals surface area (Å²) in [5, 5.41) is 2.99. The first-order chi connectivity index (χ1) is 10.8. The van der Waals surface area contributed by atoms with E-state index >= 15 is 0 Å². The largest absolute Gasteiger partial charge is 0.326 e. The molecule has 1 amide bonds. The van der Waals surface area contributed by atoms with Gasteiger partial charge in [0.05, 0.1) is 0 Å². The van der Waals surface area contributed by atoms with Crippen LogP contribution in [-0.4, -0.2) is 5.91 Å². The number of anilines is 1. The van der Waals surface area contributed by atoms with Gasteiger partial charge in [0.2, 0.25) is 5.91 Å². The van der Waals surface area contributed by atoms with Crippen molar-refractivity contribution in [3.05, 3.63) is 66.2 Å². The van der Waals surface area contributed by atoms with Gasteiger partial charge in [0.1, 0.15) is 0 Å². The molecule has 0 radical (unpaired) electrons. The van der Waals surface area contributed by atoms with Gasteiger partial charge in [-0.25, -0.2) is 0 Å². The second kappa shape index (κ2) is 7.26. The molecule has 2 aromatic rings. The van der Waals surface area contributed by atoms with Crippen molar-refractivity contribution in [2.75, 3.05) is 5.32 Å². The van der Waals surface area contributed by atoms with Gasteiger partial charge >= 0.3 is 0 Å². The maximum Gasteiger partial charge on any atom is 0.224 e. The molecule has 114 valence electrons. The molecule has 0 heterocycles. The summed E-state index contributed by atoms with van der Waals surface area (Å²) in [5.41, 5.74) is 2.35. The van der Waals surface area contributed by atoms with Crippen molar-refractivity contribution >= 4 is 11.6 Å². The lowest BCUT2D eigenvalue weighted by molar-refractivity contribution is -0.117. The van der Waals surface area contributed by atoms with E-state index in [9.17, 15) is 4.79 Å². The fourth-order valence-corrected chi connectivity index (χ4v) is 3.42. The summed E-state index contributed by atoms with van der Waals surface area (Å²) in [7, 11) is 0. The van der Waals surface area contributed by atoms with Crippen molar-refractivity contribution in [3.8, 4) is 0 Å². The minimum Gasteiger partial charge on any atom is -0.326 e. The number of carbonyl (C=O) groups is 1. The van der Waals surface area contributed by atoms with Gasteiger partial charge in [-0.05, 0) is 55.2 Å². The smallest absolute Gasteiger partial charge is 0.224 e. The van der Waals surface area contributed by atoms with Crippen molar-refractivity contribution in [2.24, 2.45) is 5.92 Å². The number of hydrogen-bond donors (Lipinski definition) is 1. The molecule has 1 N–H and O–H groups in total. The van der Waals surface area contributed by atoms with Gasteiger partial charge < -0.3 is 5.32 Å². The first-order valence-electron chi connectivity index (χ1n) is 8.21. The molecular formula is C20H23NO. The lowest BCUT2D eigenvalue weighted by Crippen LogP contribution is -2.20. The highest BCUT2D eigenvalue weighted by atomic mass is 16.1. The van der Waals surface area contributed by atoms with Crippen molar-refractivity contribution in [3.63, 3.8) is 0 Å². The van der Waals surface area contributed by atoms with E-state index in [2.05, 4.69) is 35.6 Å². The topological polar surface area (TPSA) is 29.1 Å². The van der Waals surface area contributed by atoms with Crippen LogP contribution in [0.25, 0.3) is 0 Å². The van der Waals surface area contributed by atoms with Crippen LogP contribution in [0, 0.1) is 5.92 Å². The summed E-state index contributed by atoms with van der Waals surface area (Å²) in [6.07, 6.45) is 5.36. The molecule has 1 aliphatic carbocycles. The molecule has 0 aromatic heterocycles. The summed E-state index contributed by atoms with van der Waals surface area (Å²) < 4.78 is 0. The highest BCUT2D eigenvalue weighted by molar-refractivity contribution is 5.90. The fraction of sp³-hybridized carbons (Fsp3) is 0.350. The van der Waals surface area contributed by atoms with Crippen LogP contribution in [0.5, 0.6) is 0 Å². The Hall–Kier alpha value is -2.09. The zero-order valence-corrected chi connectivity index (χ0v) is 12.9. The predicted octanol–water partition coefficient (Wildman–Crippen LogP) is 4.99. The first kappa shape index (κ1) is 14.8.